The van der Waals surface area contributed by atoms with E-state index in [-0.39, 0.29) is 0 Å². The SMILES string of the molecule is CC(C)CN1CCC(CN)(N2CCN(C3CC3)CC2)CC1. The number of hydrogen-bond donors (Lipinski definition) is 1. The Labute approximate surface area is 130 Å². The number of hydrogen-bond acceptors (Lipinski definition) is 4. The molecule has 0 aromatic rings. The van der Waals surface area contributed by atoms with Crippen LogP contribution >= 0.6 is 0 Å². The maximum atomic E-state index is 6.25. The third-order valence-corrected chi connectivity index (χ3v) is 5.84. The lowest BCUT2D eigenvalue weighted by Gasteiger charge is -2.51. The monoisotopic (exact) mass is 294 g/mol. The summed E-state index contributed by atoms with van der Waals surface area (Å²) in [6.07, 6.45) is 5.40. The number of nitrogens with zero attached hydrogens (tertiary/aromatic N) is 3. The zero-order valence-corrected chi connectivity index (χ0v) is 14.1. The molecule has 0 aromatic heterocycles. The van der Waals surface area contributed by atoms with Gasteiger partial charge in [0.25, 0.3) is 0 Å². The van der Waals surface area contributed by atoms with Gasteiger partial charge in [-0.15, -0.1) is 0 Å². The summed E-state index contributed by atoms with van der Waals surface area (Å²) in [6.45, 7) is 14.2. The van der Waals surface area contributed by atoms with Crippen LogP contribution in [0, 0.1) is 5.92 Å². The average molecular weight is 294 g/mol. The molecule has 0 atom stereocenters. The fraction of sp³-hybridized carbons (Fsp3) is 1.00. The van der Waals surface area contributed by atoms with Gasteiger partial charge in [0.1, 0.15) is 0 Å². The van der Waals surface area contributed by atoms with Gasteiger partial charge in [-0.2, -0.15) is 0 Å². The Morgan fingerprint density at radius 2 is 1.62 bits per heavy atom. The lowest BCUT2D eigenvalue weighted by molar-refractivity contribution is -0.00900. The highest BCUT2D eigenvalue weighted by molar-refractivity contribution is 4.99. The van der Waals surface area contributed by atoms with Crippen LogP contribution in [0.5, 0.6) is 0 Å². The first-order valence-electron chi connectivity index (χ1n) is 9.04. The predicted molar refractivity (Wildman–Crippen MR) is 88.5 cm³/mol. The van der Waals surface area contributed by atoms with E-state index in [2.05, 4.69) is 28.5 Å². The van der Waals surface area contributed by atoms with Crippen LogP contribution in [0.3, 0.4) is 0 Å². The third kappa shape index (κ3) is 3.61. The minimum Gasteiger partial charge on any atom is -0.329 e. The Morgan fingerprint density at radius 3 is 2.10 bits per heavy atom. The van der Waals surface area contributed by atoms with Crippen molar-refractivity contribution in [2.45, 2.75) is 51.1 Å². The molecule has 0 radical (unpaired) electrons. The molecule has 2 saturated heterocycles. The molecule has 0 amide bonds. The highest BCUT2D eigenvalue weighted by Gasteiger charge is 2.41. The van der Waals surface area contributed by atoms with Crippen LogP contribution < -0.4 is 5.73 Å². The zero-order valence-electron chi connectivity index (χ0n) is 14.1. The maximum Gasteiger partial charge on any atom is 0.0357 e. The van der Waals surface area contributed by atoms with Crippen LogP contribution in [0.1, 0.15) is 39.5 Å². The Bertz CT molecular complexity index is 324. The Hall–Kier alpha value is -0.160. The molecule has 0 bridgehead atoms. The van der Waals surface area contributed by atoms with Crippen molar-refractivity contribution < 1.29 is 0 Å². The highest BCUT2D eigenvalue weighted by Crippen LogP contribution is 2.32. The van der Waals surface area contributed by atoms with Crippen LogP contribution in [-0.2, 0) is 0 Å². The summed E-state index contributed by atoms with van der Waals surface area (Å²) in [4.78, 5) is 8.08. The van der Waals surface area contributed by atoms with Crippen LogP contribution in [0.2, 0.25) is 0 Å². The lowest BCUT2D eigenvalue weighted by atomic mass is 9.84. The number of rotatable bonds is 5. The second-order valence-corrected chi connectivity index (χ2v) is 7.88. The van der Waals surface area contributed by atoms with E-state index in [0.29, 0.717) is 5.54 Å². The summed E-state index contributed by atoms with van der Waals surface area (Å²) in [5, 5.41) is 0. The molecule has 122 valence electrons. The van der Waals surface area contributed by atoms with E-state index in [1.165, 1.54) is 71.5 Å². The summed E-state index contributed by atoms with van der Waals surface area (Å²) in [7, 11) is 0. The quantitative estimate of drug-likeness (QED) is 0.827. The molecule has 0 aromatic carbocycles. The fourth-order valence-electron chi connectivity index (χ4n) is 4.32. The number of nitrogens with two attached hydrogens (primary N) is 1. The smallest absolute Gasteiger partial charge is 0.0357 e. The van der Waals surface area contributed by atoms with E-state index in [9.17, 15) is 0 Å². The summed E-state index contributed by atoms with van der Waals surface area (Å²) < 4.78 is 0. The highest BCUT2D eigenvalue weighted by atomic mass is 15.3. The summed E-state index contributed by atoms with van der Waals surface area (Å²) >= 11 is 0. The van der Waals surface area contributed by atoms with Crippen LogP contribution in [0.25, 0.3) is 0 Å². The van der Waals surface area contributed by atoms with Gasteiger partial charge in [-0.05, 0) is 44.7 Å². The van der Waals surface area contributed by atoms with E-state index >= 15 is 0 Å². The Morgan fingerprint density at radius 1 is 1.00 bits per heavy atom. The van der Waals surface area contributed by atoms with E-state index in [4.69, 9.17) is 5.73 Å². The van der Waals surface area contributed by atoms with Gasteiger partial charge in [0.05, 0.1) is 0 Å². The van der Waals surface area contributed by atoms with Gasteiger partial charge in [-0.25, -0.2) is 0 Å². The van der Waals surface area contributed by atoms with Gasteiger partial charge >= 0.3 is 0 Å². The second kappa shape index (κ2) is 6.53. The minimum atomic E-state index is 0.295. The molecule has 2 heterocycles. The Kier molecular flexibility index (Phi) is 4.89. The van der Waals surface area contributed by atoms with E-state index in [0.717, 1.165) is 18.5 Å². The zero-order chi connectivity index (χ0) is 14.9. The molecular weight excluding hydrogens is 260 g/mol. The molecule has 2 aliphatic heterocycles. The molecule has 2 N–H and O–H groups in total. The Balaban J connectivity index is 1.52. The van der Waals surface area contributed by atoms with Gasteiger partial charge in [0, 0.05) is 50.8 Å². The van der Waals surface area contributed by atoms with Crippen LogP contribution in [0.15, 0.2) is 0 Å². The van der Waals surface area contributed by atoms with Crippen molar-refractivity contribution in [2.24, 2.45) is 11.7 Å². The third-order valence-electron chi connectivity index (χ3n) is 5.84. The first kappa shape index (κ1) is 15.7. The molecule has 1 aliphatic carbocycles. The summed E-state index contributed by atoms with van der Waals surface area (Å²) in [6, 6.07) is 0.925. The molecule has 0 unspecified atom stereocenters. The molecule has 3 aliphatic rings. The van der Waals surface area contributed by atoms with Crippen molar-refractivity contribution in [3.63, 3.8) is 0 Å². The van der Waals surface area contributed by atoms with Gasteiger partial charge in [0.2, 0.25) is 0 Å². The molecule has 1 saturated carbocycles. The number of likely N-dealkylation sites (tertiary alicyclic amines) is 1. The topological polar surface area (TPSA) is 35.7 Å². The van der Waals surface area contributed by atoms with E-state index < -0.39 is 0 Å². The molecule has 21 heavy (non-hydrogen) atoms. The first-order valence-corrected chi connectivity index (χ1v) is 9.04. The molecule has 0 spiro atoms. The van der Waals surface area contributed by atoms with Gasteiger partial charge < -0.3 is 10.6 Å². The van der Waals surface area contributed by atoms with Crippen LogP contribution in [-0.4, -0.2) is 78.6 Å². The van der Waals surface area contributed by atoms with E-state index in [1.54, 1.807) is 0 Å². The fourth-order valence-corrected chi connectivity index (χ4v) is 4.32. The van der Waals surface area contributed by atoms with Crippen molar-refractivity contribution in [2.75, 3.05) is 52.4 Å². The second-order valence-electron chi connectivity index (χ2n) is 7.88. The van der Waals surface area contributed by atoms with Crippen molar-refractivity contribution in [3.05, 3.63) is 0 Å². The summed E-state index contributed by atoms with van der Waals surface area (Å²) in [5.74, 6) is 0.775. The summed E-state index contributed by atoms with van der Waals surface area (Å²) in [5.41, 5.74) is 6.54. The van der Waals surface area contributed by atoms with Crippen molar-refractivity contribution in [1.82, 2.24) is 14.7 Å². The maximum absolute atomic E-state index is 6.25. The predicted octanol–water partition coefficient (Wildman–Crippen LogP) is 1.22. The van der Waals surface area contributed by atoms with Crippen LogP contribution in [0.4, 0.5) is 0 Å². The van der Waals surface area contributed by atoms with Crippen molar-refractivity contribution in [1.29, 1.82) is 0 Å². The van der Waals surface area contributed by atoms with Crippen molar-refractivity contribution in [3.8, 4) is 0 Å². The van der Waals surface area contributed by atoms with Gasteiger partial charge in [0.15, 0.2) is 0 Å². The molecule has 3 rings (SSSR count). The van der Waals surface area contributed by atoms with Gasteiger partial charge in [-0.1, -0.05) is 13.8 Å². The lowest BCUT2D eigenvalue weighted by Crippen LogP contribution is -2.63. The molecule has 4 heteroatoms. The molecule has 4 nitrogen and oxygen atoms in total. The minimum absolute atomic E-state index is 0.295. The normalized spacial score (nSPS) is 29.1. The molecule has 3 fully saturated rings. The number of piperidine rings is 1. The first-order chi connectivity index (χ1) is 10.1. The van der Waals surface area contributed by atoms with E-state index in [1.807, 2.05) is 0 Å². The standard InChI is InChI=1S/C17H34N4/c1-15(2)13-19-7-5-17(14-18,6-8-19)21-11-9-20(10-12-21)16-3-4-16/h15-16H,3-14,18H2,1-2H3. The number of piperazine rings is 1. The largest absolute Gasteiger partial charge is 0.329 e. The molecular formula is C17H34N4. The van der Waals surface area contributed by atoms with Crippen molar-refractivity contribution >= 4 is 0 Å². The van der Waals surface area contributed by atoms with Gasteiger partial charge in [-0.3, -0.25) is 9.80 Å². The average Bonchev–Trinajstić information content (AvgIpc) is 3.33.